The van der Waals surface area contributed by atoms with Crippen LogP contribution >= 0.6 is 47.9 Å². The molecule has 2 heterocycles. The van der Waals surface area contributed by atoms with Gasteiger partial charge in [-0.2, -0.15) is 25.3 Å². The summed E-state index contributed by atoms with van der Waals surface area (Å²) in [5.74, 6) is 0.630. The Morgan fingerprint density at radius 2 is 1.93 bits per heavy atom. The Morgan fingerprint density at radius 3 is 2.61 bits per heavy atom. The number of rotatable bonds is 9. The van der Waals surface area contributed by atoms with Gasteiger partial charge in [-0.25, -0.2) is 4.98 Å². The SMILES string of the molecule is CSCC[C@H](NC(=O)c1cccs1)C(=O)Cc1nc(-c2ccccc2)cs1.S. The second kappa shape index (κ2) is 11.4. The fourth-order valence-electron chi connectivity index (χ4n) is 2.59. The van der Waals surface area contributed by atoms with Crippen LogP contribution in [0.15, 0.2) is 53.2 Å². The fraction of sp³-hybridized carbons (Fsp3) is 0.250. The Hall–Kier alpha value is -1.61. The number of ketones is 1. The van der Waals surface area contributed by atoms with E-state index in [9.17, 15) is 9.59 Å². The van der Waals surface area contributed by atoms with Gasteiger partial charge in [-0.3, -0.25) is 9.59 Å². The number of nitrogens with zero attached hydrogens (tertiary/aromatic N) is 1. The highest BCUT2D eigenvalue weighted by Crippen LogP contribution is 2.22. The van der Waals surface area contributed by atoms with Gasteiger partial charge in [0.1, 0.15) is 5.01 Å². The van der Waals surface area contributed by atoms with Crippen molar-refractivity contribution in [3.05, 3.63) is 63.1 Å². The Bertz CT molecular complexity index is 879. The van der Waals surface area contributed by atoms with Gasteiger partial charge in [0, 0.05) is 10.9 Å². The van der Waals surface area contributed by atoms with Crippen LogP contribution in [0.2, 0.25) is 0 Å². The molecule has 0 radical (unpaired) electrons. The van der Waals surface area contributed by atoms with Crippen LogP contribution < -0.4 is 5.32 Å². The van der Waals surface area contributed by atoms with Crippen molar-refractivity contribution in [2.75, 3.05) is 12.0 Å². The molecule has 3 aromatic rings. The molecule has 28 heavy (non-hydrogen) atoms. The number of aromatic nitrogens is 1. The van der Waals surface area contributed by atoms with Crippen molar-refractivity contribution in [3.63, 3.8) is 0 Å². The number of nitrogens with one attached hydrogen (secondary N) is 1. The molecule has 0 bridgehead atoms. The number of thiazole rings is 1. The Kier molecular flexibility index (Phi) is 9.24. The molecule has 2 aromatic heterocycles. The van der Waals surface area contributed by atoms with Gasteiger partial charge < -0.3 is 5.32 Å². The number of thiophene rings is 1. The zero-order valence-electron chi connectivity index (χ0n) is 15.4. The molecular weight excluding hydrogens is 429 g/mol. The first-order valence-electron chi connectivity index (χ1n) is 8.53. The maximum atomic E-state index is 12.8. The van der Waals surface area contributed by atoms with Gasteiger partial charge in [-0.15, -0.1) is 22.7 Å². The van der Waals surface area contributed by atoms with E-state index >= 15 is 0 Å². The monoisotopic (exact) mass is 450 g/mol. The van der Waals surface area contributed by atoms with E-state index in [2.05, 4.69) is 10.3 Å². The molecule has 1 amide bonds. The number of thioether (sulfide) groups is 1. The first-order chi connectivity index (χ1) is 13.2. The molecule has 8 heteroatoms. The summed E-state index contributed by atoms with van der Waals surface area (Å²) in [4.78, 5) is 30.4. The highest BCUT2D eigenvalue weighted by Gasteiger charge is 2.22. The van der Waals surface area contributed by atoms with Crippen LogP contribution in [0.4, 0.5) is 0 Å². The van der Waals surface area contributed by atoms with E-state index in [-0.39, 0.29) is 31.6 Å². The van der Waals surface area contributed by atoms with E-state index in [1.807, 2.05) is 53.4 Å². The van der Waals surface area contributed by atoms with Gasteiger partial charge in [0.15, 0.2) is 5.78 Å². The molecule has 1 N–H and O–H groups in total. The quantitative estimate of drug-likeness (QED) is 0.516. The van der Waals surface area contributed by atoms with Crippen LogP contribution in [-0.2, 0) is 11.2 Å². The molecule has 4 nitrogen and oxygen atoms in total. The highest BCUT2D eigenvalue weighted by atomic mass is 32.2. The summed E-state index contributed by atoms with van der Waals surface area (Å²) in [5.41, 5.74) is 1.92. The van der Waals surface area contributed by atoms with Crippen LogP contribution in [0.1, 0.15) is 21.1 Å². The lowest BCUT2D eigenvalue weighted by Gasteiger charge is -2.16. The minimum Gasteiger partial charge on any atom is -0.341 e. The molecule has 3 rings (SSSR count). The van der Waals surface area contributed by atoms with Crippen LogP contribution in [0, 0.1) is 0 Å². The summed E-state index contributed by atoms with van der Waals surface area (Å²) < 4.78 is 0. The number of hydrogen-bond acceptors (Lipinski definition) is 6. The molecule has 0 unspecified atom stereocenters. The van der Waals surface area contributed by atoms with E-state index in [1.165, 1.54) is 22.7 Å². The maximum Gasteiger partial charge on any atom is 0.261 e. The van der Waals surface area contributed by atoms with Gasteiger partial charge in [-0.05, 0) is 29.9 Å². The number of carbonyl (C=O) groups is 2. The lowest BCUT2D eigenvalue weighted by Crippen LogP contribution is -2.41. The summed E-state index contributed by atoms with van der Waals surface area (Å²) in [5, 5.41) is 7.50. The lowest BCUT2D eigenvalue weighted by molar-refractivity contribution is -0.120. The minimum absolute atomic E-state index is 0. The van der Waals surface area contributed by atoms with Gasteiger partial charge in [0.05, 0.1) is 23.0 Å². The van der Waals surface area contributed by atoms with Gasteiger partial charge in [-0.1, -0.05) is 36.4 Å². The second-order valence-corrected chi connectivity index (χ2v) is 8.80. The first-order valence-corrected chi connectivity index (χ1v) is 11.7. The van der Waals surface area contributed by atoms with Gasteiger partial charge in [0.25, 0.3) is 5.91 Å². The molecule has 148 valence electrons. The average molecular weight is 451 g/mol. The zero-order valence-corrected chi connectivity index (χ0v) is 18.8. The standard InChI is InChI=1S/C20H20N2O2S3.H2S/c1-25-11-9-15(22-20(24)18-8-5-10-26-18)17(23)12-19-21-16(13-27-19)14-6-3-2-4-7-14;/h2-8,10,13,15H,9,11-12H2,1H3,(H,22,24);1H2/t15-;/m0./s1. The molecule has 0 aliphatic heterocycles. The molecule has 0 saturated heterocycles. The number of amides is 1. The minimum atomic E-state index is -0.490. The number of carbonyl (C=O) groups excluding carboxylic acids is 2. The number of Topliss-reactive ketones (excluding diaryl/α,β-unsaturated/α-hetero) is 1. The Labute approximate surface area is 184 Å². The average Bonchev–Trinajstić information content (AvgIpc) is 3.37. The molecule has 0 saturated carbocycles. The van der Waals surface area contributed by atoms with Crippen LogP contribution in [-0.4, -0.2) is 34.7 Å². The largest absolute Gasteiger partial charge is 0.341 e. The van der Waals surface area contributed by atoms with E-state index in [0.29, 0.717) is 11.3 Å². The summed E-state index contributed by atoms with van der Waals surface area (Å²) in [7, 11) is 0. The van der Waals surface area contributed by atoms with Crippen molar-refractivity contribution in [2.24, 2.45) is 0 Å². The van der Waals surface area contributed by atoms with Crippen molar-refractivity contribution in [3.8, 4) is 11.3 Å². The van der Waals surface area contributed by atoms with E-state index < -0.39 is 6.04 Å². The van der Waals surface area contributed by atoms with Crippen molar-refractivity contribution in [1.29, 1.82) is 0 Å². The predicted molar refractivity (Wildman–Crippen MR) is 125 cm³/mol. The topological polar surface area (TPSA) is 59.1 Å². The molecule has 1 aromatic carbocycles. The van der Waals surface area contributed by atoms with Crippen molar-refractivity contribution in [1.82, 2.24) is 10.3 Å². The molecule has 1 atom stereocenters. The van der Waals surface area contributed by atoms with Crippen molar-refractivity contribution >= 4 is 59.6 Å². The highest BCUT2D eigenvalue weighted by molar-refractivity contribution is 7.98. The molecule has 0 fully saturated rings. The smallest absolute Gasteiger partial charge is 0.261 e. The fourth-order valence-corrected chi connectivity index (χ4v) is 4.50. The van der Waals surface area contributed by atoms with Crippen molar-refractivity contribution in [2.45, 2.75) is 18.9 Å². The van der Waals surface area contributed by atoms with Crippen molar-refractivity contribution < 1.29 is 9.59 Å². The third-order valence-electron chi connectivity index (χ3n) is 4.00. The second-order valence-electron chi connectivity index (χ2n) is 5.92. The molecular formula is C20H22N2O2S4. The van der Waals surface area contributed by atoms with Gasteiger partial charge in [0.2, 0.25) is 0 Å². The normalized spacial score (nSPS) is 11.5. The first kappa shape index (κ1) is 22.7. The van der Waals surface area contributed by atoms with Crippen LogP contribution in [0.5, 0.6) is 0 Å². The van der Waals surface area contributed by atoms with Gasteiger partial charge >= 0.3 is 0 Å². The summed E-state index contributed by atoms with van der Waals surface area (Å²) in [6, 6.07) is 13.0. The Balaban J connectivity index is 0.00000280. The lowest BCUT2D eigenvalue weighted by atomic mass is 10.1. The van der Waals surface area contributed by atoms with Crippen LogP contribution in [0.25, 0.3) is 11.3 Å². The summed E-state index contributed by atoms with van der Waals surface area (Å²) in [6.07, 6.45) is 2.85. The van der Waals surface area contributed by atoms with E-state index in [4.69, 9.17) is 0 Å². The van der Waals surface area contributed by atoms with Crippen LogP contribution in [0.3, 0.4) is 0 Å². The molecule has 0 spiro atoms. The molecule has 0 aliphatic rings. The van der Waals surface area contributed by atoms with E-state index in [1.54, 1.807) is 17.8 Å². The number of benzene rings is 1. The molecule has 0 aliphatic carbocycles. The summed E-state index contributed by atoms with van der Waals surface area (Å²) >= 11 is 4.52. The number of hydrogen-bond donors (Lipinski definition) is 1. The third-order valence-corrected chi connectivity index (χ3v) is 6.36. The maximum absolute atomic E-state index is 12.8. The Morgan fingerprint density at radius 1 is 1.14 bits per heavy atom. The predicted octanol–water partition coefficient (Wildman–Crippen LogP) is 4.65. The van der Waals surface area contributed by atoms with E-state index in [0.717, 1.165) is 22.0 Å². The third kappa shape index (κ3) is 6.20. The summed E-state index contributed by atoms with van der Waals surface area (Å²) in [6.45, 7) is 0. The zero-order chi connectivity index (χ0) is 19.1.